The predicted octanol–water partition coefficient (Wildman–Crippen LogP) is 6.45. The summed E-state index contributed by atoms with van der Waals surface area (Å²) in [7, 11) is 0. The van der Waals surface area contributed by atoms with Gasteiger partial charge in [-0.1, -0.05) is 63.6 Å². The van der Waals surface area contributed by atoms with Crippen LogP contribution in [0.4, 0.5) is 4.79 Å². The molecule has 232 valence electrons. The van der Waals surface area contributed by atoms with Crippen molar-refractivity contribution < 1.29 is 24.2 Å². The van der Waals surface area contributed by atoms with Crippen LogP contribution >= 0.6 is 0 Å². The molecule has 2 aromatic carbocycles. The average molecular weight is 582 g/mol. The van der Waals surface area contributed by atoms with Gasteiger partial charge in [-0.2, -0.15) is 0 Å². The van der Waals surface area contributed by atoms with Gasteiger partial charge in [-0.15, -0.1) is 0 Å². The summed E-state index contributed by atoms with van der Waals surface area (Å²) < 4.78 is 5.52. The van der Waals surface area contributed by atoms with Crippen molar-refractivity contribution in [1.29, 1.82) is 0 Å². The number of amides is 3. The highest BCUT2D eigenvalue weighted by atomic mass is 16.6. The SMILES string of the molecule is CCCC(C)NC(=O)C(c1ccc(CC)cc1)N(C(=O)C(Cc1ccc(O)cc1)NC(=O)OC(C)(C)C)C(C)(C)CC. The van der Waals surface area contributed by atoms with Crippen LogP contribution in [0.3, 0.4) is 0 Å². The Morgan fingerprint density at radius 2 is 1.45 bits per heavy atom. The Kier molecular flexibility index (Phi) is 12.4. The molecule has 2 aromatic rings. The molecule has 8 heteroatoms. The molecule has 0 spiro atoms. The summed E-state index contributed by atoms with van der Waals surface area (Å²) >= 11 is 0. The normalized spacial score (nSPS) is 13.9. The second kappa shape index (κ2) is 15.1. The van der Waals surface area contributed by atoms with Crippen LogP contribution in [0.25, 0.3) is 0 Å². The number of phenols is 1. The number of hydrogen-bond donors (Lipinski definition) is 3. The van der Waals surface area contributed by atoms with E-state index in [-0.39, 0.29) is 24.1 Å². The standard InChI is InChI=1S/C34H51N3O5/c1-10-13-23(4)35-30(39)29(26-18-14-24(11-2)15-19-26)37(34(8,9)12-3)31(40)28(36-32(41)42-33(5,6)7)22-25-16-20-27(38)21-17-25/h14-21,23,28-29,38H,10-13,22H2,1-9H3,(H,35,39)(H,36,41). The molecule has 0 saturated carbocycles. The van der Waals surface area contributed by atoms with Crippen molar-refractivity contribution >= 4 is 17.9 Å². The molecular weight excluding hydrogens is 530 g/mol. The minimum absolute atomic E-state index is 0.0747. The molecule has 3 unspecified atom stereocenters. The number of phenolic OH excluding ortho intramolecular Hbond substituents is 1. The first-order valence-corrected chi connectivity index (χ1v) is 15.1. The second-order valence-corrected chi connectivity index (χ2v) is 12.6. The molecule has 2 rings (SSSR count). The number of carbonyl (C=O) groups is 3. The maximum Gasteiger partial charge on any atom is 0.408 e. The van der Waals surface area contributed by atoms with E-state index in [0.717, 1.165) is 30.4 Å². The number of nitrogens with one attached hydrogen (secondary N) is 2. The van der Waals surface area contributed by atoms with Gasteiger partial charge in [0.1, 0.15) is 23.4 Å². The Morgan fingerprint density at radius 1 is 0.881 bits per heavy atom. The lowest BCUT2D eigenvalue weighted by molar-refractivity contribution is -0.149. The van der Waals surface area contributed by atoms with E-state index < -0.39 is 35.2 Å². The van der Waals surface area contributed by atoms with Crippen LogP contribution in [0, 0.1) is 0 Å². The van der Waals surface area contributed by atoms with Crippen LogP contribution in [0.5, 0.6) is 5.75 Å². The summed E-state index contributed by atoms with van der Waals surface area (Å²) in [4.78, 5) is 43.4. The quantitative estimate of drug-likeness (QED) is 0.252. The first kappa shape index (κ1) is 34.7. The Labute approximate surface area is 252 Å². The van der Waals surface area contributed by atoms with Gasteiger partial charge < -0.3 is 25.4 Å². The molecule has 0 fully saturated rings. The fraction of sp³-hybridized carbons (Fsp3) is 0.559. The summed E-state index contributed by atoms with van der Waals surface area (Å²) in [6.45, 7) is 17.2. The number of ether oxygens (including phenoxy) is 1. The van der Waals surface area contributed by atoms with Gasteiger partial charge in [0.25, 0.3) is 0 Å². The maximum absolute atomic E-state index is 14.7. The smallest absolute Gasteiger partial charge is 0.408 e. The molecule has 0 saturated heterocycles. The van der Waals surface area contributed by atoms with Crippen LogP contribution < -0.4 is 10.6 Å². The van der Waals surface area contributed by atoms with Gasteiger partial charge in [-0.05, 0) is 89.6 Å². The van der Waals surface area contributed by atoms with Crippen LogP contribution in [-0.2, 0) is 27.2 Å². The van der Waals surface area contributed by atoms with Gasteiger partial charge >= 0.3 is 6.09 Å². The van der Waals surface area contributed by atoms with E-state index >= 15 is 0 Å². The molecule has 8 nitrogen and oxygen atoms in total. The summed E-state index contributed by atoms with van der Waals surface area (Å²) in [5.74, 6) is -0.566. The van der Waals surface area contributed by atoms with Gasteiger partial charge in [0, 0.05) is 18.0 Å². The van der Waals surface area contributed by atoms with Crippen LogP contribution in [0.1, 0.15) is 104 Å². The van der Waals surface area contributed by atoms with Crippen molar-refractivity contribution in [2.75, 3.05) is 0 Å². The number of rotatable bonds is 13. The second-order valence-electron chi connectivity index (χ2n) is 12.6. The zero-order chi connectivity index (χ0) is 31.7. The Balaban J connectivity index is 2.67. The van der Waals surface area contributed by atoms with Crippen LogP contribution in [-0.4, -0.2) is 51.1 Å². The third kappa shape index (κ3) is 10.1. The number of alkyl carbamates (subject to hydrolysis) is 1. The molecular formula is C34H51N3O5. The van der Waals surface area contributed by atoms with Crippen LogP contribution in [0.2, 0.25) is 0 Å². The van der Waals surface area contributed by atoms with E-state index in [4.69, 9.17) is 4.74 Å². The summed E-state index contributed by atoms with van der Waals surface area (Å²) in [5, 5.41) is 15.7. The molecule has 0 aliphatic carbocycles. The maximum atomic E-state index is 14.7. The van der Waals surface area contributed by atoms with Gasteiger partial charge in [0.2, 0.25) is 11.8 Å². The molecule has 0 heterocycles. The van der Waals surface area contributed by atoms with Crippen molar-refractivity contribution in [1.82, 2.24) is 15.5 Å². The molecule has 0 aliphatic heterocycles. The summed E-state index contributed by atoms with van der Waals surface area (Å²) in [6.07, 6.45) is 2.56. The molecule has 0 radical (unpaired) electrons. The fourth-order valence-electron chi connectivity index (χ4n) is 4.81. The van der Waals surface area contributed by atoms with Gasteiger partial charge in [-0.3, -0.25) is 9.59 Å². The molecule has 3 atom stereocenters. The number of carbonyl (C=O) groups excluding carboxylic acids is 3. The highest BCUT2D eigenvalue weighted by Gasteiger charge is 2.43. The third-order valence-corrected chi connectivity index (χ3v) is 7.44. The minimum Gasteiger partial charge on any atom is -0.508 e. The van der Waals surface area contributed by atoms with E-state index in [2.05, 4.69) is 24.5 Å². The molecule has 3 amide bonds. The Morgan fingerprint density at radius 3 is 1.95 bits per heavy atom. The summed E-state index contributed by atoms with van der Waals surface area (Å²) in [6, 6.07) is 12.3. The lowest BCUT2D eigenvalue weighted by Crippen LogP contribution is -2.60. The van der Waals surface area contributed by atoms with Crippen molar-refractivity contribution in [3.05, 3.63) is 65.2 Å². The zero-order valence-corrected chi connectivity index (χ0v) is 26.9. The third-order valence-electron chi connectivity index (χ3n) is 7.44. The molecule has 0 aromatic heterocycles. The van der Waals surface area contributed by atoms with Crippen molar-refractivity contribution in [3.8, 4) is 5.75 Å². The summed E-state index contributed by atoms with van der Waals surface area (Å²) in [5.41, 5.74) is 1.04. The lowest BCUT2D eigenvalue weighted by atomic mass is 9.90. The zero-order valence-electron chi connectivity index (χ0n) is 26.9. The van der Waals surface area contributed by atoms with Crippen molar-refractivity contribution in [2.24, 2.45) is 0 Å². The van der Waals surface area contributed by atoms with E-state index in [0.29, 0.717) is 12.0 Å². The van der Waals surface area contributed by atoms with Gasteiger partial charge in [-0.25, -0.2) is 4.79 Å². The van der Waals surface area contributed by atoms with E-state index in [1.807, 2.05) is 52.0 Å². The number of aryl methyl sites for hydroxylation is 1. The first-order valence-electron chi connectivity index (χ1n) is 15.1. The lowest BCUT2D eigenvalue weighted by Gasteiger charge is -2.45. The van der Waals surface area contributed by atoms with Crippen molar-refractivity contribution in [3.63, 3.8) is 0 Å². The van der Waals surface area contributed by atoms with Gasteiger partial charge in [0.05, 0.1) is 0 Å². The number of benzene rings is 2. The Bertz CT molecular complexity index is 1170. The monoisotopic (exact) mass is 581 g/mol. The first-order chi connectivity index (χ1) is 19.6. The predicted molar refractivity (Wildman–Crippen MR) is 167 cm³/mol. The van der Waals surface area contributed by atoms with E-state index in [9.17, 15) is 19.5 Å². The number of nitrogens with zero attached hydrogens (tertiary/aromatic N) is 1. The largest absolute Gasteiger partial charge is 0.508 e. The molecule has 0 aliphatic rings. The Hall–Kier alpha value is -3.55. The van der Waals surface area contributed by atoms with E-state index in [1.165, 1.54) is 0 Å². The highest BCUT2D eigenvalue weighted by Crippen LogP contribution is 2.33. The molecule has 0 bridgehead atoms. The molecule has 3 N–H and O–H groups in total. The fourth-order valence-corrected chi connectivity index (χ4v) is 4.81. The highest BCUT2D eigenvalue weighted by molar-refractivity contribution is 5.93. The number of aromatic hydroxyl groups is 1. The number of hydrogen-bond acceptors (Lipinski definition) is 5. The average Bonchev–Trinajstić information content (AvgIpc) is 2.91. The minimum atomic E-state index is -1.03. The molecule has 42 heavy (non-hydrogen) atoms. The topological polar surface area (TPSA) is 108 Å². The van der Waals surface area contributed by atoms with Crippen LogP contribution in [0.15, 0.2) is 48.5 Å². The van der Waals surface area contributed by atoms with E-state index in [1.54, 1.807) is 49.9 Å². The van der Waals surface area contributed by atoms with Gasteiger partial charge in [0.15, 0.2) is 0 Å². The van der Waals surface area contributed by atoms with Crippen molar-refractivity contribution in [2.45, 2.75) is 124 Å².